The number of halogens is 1. The quantitative estimate of drug-likeness (QED) is 0.795. The fraction of sp³-hybridized carbons (Fsp3) is 0.333. The summed E-state index contributed by atoms with van der Waals surface area (Å²) >= 11 is 6.15. The molecule has 122 valence electrons. The Morgan fingerprint density at radius 1 is 0.957 bits per heavy atom. The van der Waals surface area contributed by atoms with Gasteiger partial charge in [0.1, 0.15) is 10.7 Å². The first-order valence-corrected chi connectivity index (χ1v) is 9.31. The van der Waals surface area contributed by atoms with Gasteiger partial charge in [0, 0.05) is 37.3 Å². The normalized spacial score (nSPS) is 20.0. The fourth-order valence-corrected chi connectivity index (χ4v) is 3.99. The zero-order chi connectivity index (χ0) is 16.8. The molecule has 0 spiro atoms. The van der Waals surface area contributed by atoms with Crippen LogP contribution in [-0.2, 0) is 10.0 Å². The van der Waals surface area contributed by atoms with Crippen LogP contribution in [0.25, 0.3) is 0 Å². The number of carbonyl (C=O) groups is 2. The van der Waals surface area contributed by atoms with E-state index in [1.165, 1.54) is 4.31 Å². The number of piperazine rings is 1. The molecule has 0 amide bonds. The summed E-state index contributed by atoms with van der Waals surface area (Å²) < 4.78 is 24.5. The number of sulfonamides is 1. The van der Waals surface area contributed by atoms with Gasteiger partial charge in [0.05, 0.1) is 6.26 Å². The van der Waals surface area contributed by atoms with E-state index < -0.39 is 10.0 Å². The molecule has 1 saturated heterocycles. The molecule has 1 aromatic carbocycles. The summed E-state index contributed by atoms with van der Waals surface area (Å²) in [6.45, 7) is 1.16. The second-order valence-corrected chi connectivity index (χ2v) is 7.88. The number of nitrogens with zero attached hydrogens (tertiary/aromatic N) is 2. The van der Waals surface area contributed by atoms with Gasteiger partial charge in [-0.1, -0.05) is 35.9 Å². The summed E-state index contributed by atoms with van der Waals surface area (Å²) in [5, 5.41) is -0.0958. The molecule has 0 unspecified atom stereocenters. The Balaban J connectivity index is 1.91. The first-order chi connectivity index (χ1) is 10.8. The van der Waals surface area contributed by atoms with Gasteiger partial charge in [-0.05, 0) is 0 Å². The minimum atomic E-state index is -3.26. The van der Waals surface area contributed by atoms with E-state index in [9.17, 15) is 18.0 Å². The van der Waals surface area contributed by atoms with Crippen molar-refractivity contribution in [3.8, 4) is 0 Å². The predicted octanol–water partition coefficient (Wildman–Crippen LogP) is 1.09. The molecule has 1 aliphatic carbocycles. The second kappa shape index (κ2) is 5.74. The number of rotatable bonds is 2. The SMILES string of the molecule is CS(=O)(=O)N1CCN(C2=C(Cl)C(=O)c3ccccc3C2=O)CC1. The molecule has 2 aliphatic rings. The van der Waals surface area contributed by atoms with Gasteiger partial charge >= 0.3 is 0 Å². The van der Waals surface area contributed by atoms with Crippen LogP contribution in [0.3, 0.4) is 0 Å². The summed E-state index contributed by atoms with van der Waals surface area (Å²) in [6, 6.07) is 6.56. The van der Waals surface area contributed by atoms with Crippen molar-refractivity contribution < 1.29 is 18.0 Å². The van der Waals surface area contributed by atoms with Gasteiger partial charge in [0.25, 0.3) is 0 Å². The Labute approximate surface area is 139 Å². The summed E-state index contributed by atoms with van der Waals surface area (Å²) in [6.07, 6.45) is 1.15. The van der Waals surface area contributed by atoms with Crippen molar-refractivity contribution in [1.82, 2.24) is 9.21 Å². The molecule has 0 atom stereocenters. The highest BCUT2D eigenvalue weighted by Gasteiger charge is 2.36. The summed E-state index contributed by atoms with van der Waals surface area (Å²) in [7, 11) is -3.26. The Bertz CT molecular complexity index is 824. The molecule has 1 aliphatic heterocycles. The topological polar surface area (TPSA) is 74.8 Å². The van der Waals surface area contributed by atoms with Gasteiger partial charge in [-0.2, -0.15) is 4.31 Å². The van der Waals surface area contributed by atoms with Crippen LogP contribution in [-0.4, -0.2) is 61.6 Å². The standard InChI is InChI=1S/C15H15ClN2O4S/c1-23(21,22)18-8-6-17(7-9-18)13-12(16)14(19)10-4-2-3-5-11(10)15(13)20/h2-5H,6-9H2,1H3. The van der Waals surface area contributed by atoms with Crippen molar-refractivity contribution in [2.24, 2.45) is 0 Å². The lowest BCUT2D eigenvalue weighted by Crippen LogP contribution is -2.49. The number of carbonyl (C=O) groups excluding carboxylic acids is 2. The molecular formula is C15H15ClN2O4S. The van der Waals surface area contributed by atoms with Crippen molar-refractivity contribution in [3.63, 3.8) is 0 Å². The molecular weight excluding hydrogens is 340 g/mol. The van der Waals surface area contributed by atoms with Gasteiger partial charge in [-0.25, -0.2) is 8.42 Å². The van der Waals surface area contributed by atoms with Gasteiger partial charge in [-0.15, -0.1) is 0 Å². The first kappa shape index (κ1) is 16.2. The van der Waals surface area contributed by atoms with Crippen LogP contribution in [0.5, 0.6) is 0 Å². The number of fused-ring (bicyclic) bond motifs is 1. The maximum absolute atomic E-state index is 12.7. The van der Waals surface area contributed by atoms with E-state index >= 15 is 0 Å². The third kappa shape index (κ3) is 2.80. The number of hydrogen-bond acceptors (Lipinski definition) is 5. The Morgan fingerprint density at radius 3 is 2.00 bits per heavy atom. The van der Waals surface area contributed by atoms with Crippen LogP contribution in [0.2, 0.25) is 0 Å². The molecule has 1 fully saturated rings. The Kier molecular flexibility index (Phi) is 4.03. The van der Waals surface area contributed by atoms with Gasteiger partial charge in [0.15, 0.2) is 0 Å². The van der Waals surface area contributed by atoms with Crippen LogP contribution in [0, 0.1) is 0 Å². The van der Waals surface area contributed by atoms with E-state index in [0.717, 1.165) is 6.26 Å². The minimum absolute atomic E-state index is 0.0958. The summed E-state index contributed by atoms with van der Waals surface area (Å²) in [5.74, 6) is -0.666. The zero-order valence-electron chi connectivity index (χ0n) is 12.5. The monoisotopic (exact) mass is 354 g/mol. The van der Waals surface area contributed by atoms with E-state index in [2.05, 4.69) is 0 Å². The lowest BCUT2D eigenvalue weighted by atomic mass is 9.91. The molecule has 8 heteroatoms. The number of hydrogen-bond donors (Lipinski definition) is 0. The molecule has 3 rings (SSSR count). The van der Waals surface area contributed by atoms with E-state index in [1.807, 2.05) is 0 Å². The molecule has 0 saturated carbocycles. The lowest BCUT2D eigenvalue weighted by Gasteiger charge is -2.36. The fourth-order valence-electron chi connectivity index (χ4n) is 2.86. The number of allylic oxidation sites excluding steroid dienone is 2. The molecule has 1 heterocycles. The molecule has 23 heavy (non-hydrogen) atoms. The highest BCUT2D eigenvalue weighted by molar-refractivity contribution is 7.88. The smallest absolute Gasteiger partial charge is 0.211 e. The van der Waals surface area contributed by atoms with Crippen molar-refractivity contribution in [1.29, 1.82) is 0 Å². The average molecular weight is 355 g/mol. The van der Waals surface area contributed by atoms with Crippen LogP contribution >= 0.6 is 11.6 Å². The minimum Gasteiger partial charge on any atom is -0.364 e. The zero-order valence-corrected chi connectivity index (χ0v) is 14.0. The average Bonchev–Trinajstić information content (AvgIpc) is 2.53. The molecule has 0 bridgehead atoms. The second-order valence-electron chi connectivity index (χ2n) is 5.52. The summed E-state index contributed by atoms with van der Waals surface area (Å²) in [4.78, 5) is 26.7. The van der Waals surface area contributed by atoms with Crippen LogP contribution in [0.15, 0.2) is 35.0 Å². The molecule has 0 radical (unpaired) electrons. The van der Waals surface area contributed by atoms with Gasteiger partial charge in [0.2, 0.25) is 21.6 Å². The molecule has 6 nitrogen and oxygen atoms in total. The van der Waals surface area contributed by atoms with Crippen molar-refractivity contribution in [2.75, 3.05) is 32.4 Å². The van der Waals surface area contributed by atoms with Gasteiger partial charge < -0.3 is 4.90 Å². The van der Waals surface area contributed by atoms with Crippen LogP contribution < -0.4 is 0 Å². The van der Waals surface area contributed by atoms with Crippen LogP contribution in [0.1, 0.15) is 20.7 Å². The molecule has 0 aromatic heterocycles. The maximum atomic E-state index is 12.7. The Morgan fingerprint density at radius 2 is 1.48 bits per heavy atom. The van der Waals surface area contributed by atoms with Crippen LogP contribution in [0.4, 0.5) is 0 Å². The maximum Gasteiger partial charge on any atom is 0.211 e. The van der Waals surface area contributed by atoms with Crippen molar-refractivity contribution in [3.05, 3.63) is 46.1 Å². The van der Waals surface area contributed by atoms with E-state index in [4.69, 9.17) is 11.6 Å². The van der Waals surface area contributed by atoms with E-state index in [1.54, 1.807) is 29.2 Å². The first-order valence-electron chi connectivity index (χ1n) is 7.09. The van der Waals surface area contributed by atoms with Crippen molar-refractivity contribution in [2.45, 2.75) is 0 Å². The molecule has 0 N–H and O–H groups in total. The number of benzene rings is 1. The lowest BCUT2D eigenvalue weighted by molar-refractivity contribution is 0.0934. The highest BCUT2D eigenvalue weighted by atomic mass is 35.5. The third-order valence-corrected chi connectivity index (χ3v) is 5.72. The summed E-state index contributed by atoms with van der Waals surface area (Å²) in [5.41, 5.74) is 0.812. The number of ketones is 2. The van der Waals surface area contributed by atoms with Gasteiger partial charge in [-0.3, -0.25) is 9.59 Å². The van der Waals surface area contributed by atoms with E-state index in [-0.39, 0.29) is 35.4 Å². The van der Waals surface area contributed by atoms with E-state index in [0.29, 0.717) is 24.2 Å². The molecule has 1 aromatic rings. The third-order valence-electron chi connectivity index (χ3n) is 4.06. The highest BCUT2D eigenvalue weighted by Crippen LogP contribution is 2.31. The Hall–Kier alpha value is -1.70. The predicted molar refractivity (Wildman–Crippen MR) is 86.0 cm³/mol. The van der Waals surface area contributed by atoms with Crippen molar-refractivity contribution >= 4 is 33.2 Å². The number of Topliss-reactive ketones (excluding diaryl/α,β-unsaturated/α-hetero) is 2. The largest absolute Gasteiger partial charge is 0.364 e.